The third-order valence-electron chi connectivity index (χ3n) is 5.00. The molecule has 2 aliphatic rings. The number of carboxylic acid groups (broad SMARTS) is 1. The van der Waals surface area contributed by atoms with Crippen LogP contribution in [0.25, 0.3) is 11.0 Å². The number of aromatic nitrogens is 3. The summed E-state index contributed by atoms with van der Waals surface area (Å²) in [7, 11) is 0. The molecular formula is C17H21N3O2. The Labute approximate surface area is 129 Å². The van der Waals surface area contributed by atoms with E-state index < -0.39 is 5.97 Å². The first-order chi connectivity index (χ1) is 10.6. The van der Waals surface area contributed by atoms with E-state index in [0.717, 1.165) is 48.1 Å². The van der Waals surface area contributed by atoms with Gasteiger partial charge in [-0.2, -0.15) is 5.10 Å². The molecular weight excluding hydrogens is 278 g/mol. The van der Waals surface area contributed by atoms with E-state index in [1.807, 2.05) is 11.6 Å². The largest absolute Gasteiger partial charge is 0.478 e. The van der Waals surface area contributed by atoms with Crippen LogP contribution in [-0.4, -0.2) is 25.8 Å². The van der Waals surface area contributed by atoms with Crippen molar-refractivity contribution in [2.75, 3.05) is 0 Å². The van der Waals surface area contributed by atoms with Gasteiger partial charge in [-0.25, -0.2) is 14.5 Å². The molecule has 0 unspecified atom stereocenters. The number of carboxylic acids is 1. The standard InChI is InChI=1S/C17H21N3O2/c1-10-15-13(17(21)22)9-14(11-7-8-11)18-16(15)20(19-10)12-5-3-2-4-6-12/h9,11-12H,2-8H2,1H3,(H,21,22). The second-order valence-electron chi connectivity index (χ2n) is 6.69. The minimum Gasteiger partial charge on any atom is -0.478 e. The lowest BCUT2D eigenvalue weighted by atomic mass is 9.95. The van der Waals surface area contributed by atoms with Crippen molar-refractivity contribution in [1.82, 2.24) is 14.8 Å². The Morgan fingerprint density at radius 1 is 1.23 bits per heavy atom. The van der Waals surface area contributed by atoms with Crippen molar-refractivity contribution in [3.63, 3.8) is 0 Å². The Morgan fingerprint density at radius 2 is 1.95 bits per heavy atom. The summed E-state index contributed by atoms with van der Waals surface area (Å²) >= 11 is 0. The number of nitrogens with zero attached hydrogens (tertiary/aromatic N) is 3. The number of hydrogen-bond acceptors (Lipinski definition) is 3. The maximum absolute atomic E-state index is 11.7. The van der Waals surface area contributed by atoms with Gasteiger partial charge in [0.05, 0.1) is 22.7 Å². The van der Waals surface area contributed by atoms with Crippen LogP contribution in [0.1, 0.15) is 78.7 Å². The predicted octanol–water partition coefficient (Wildman–Crippen LogP) is 3.82. The Hall–Kier alpha value is -1.91. The Kier molecular flexibility index (Phi) is 3.17. The number of rotatable bonds is 3. The summed E-state index contributed by atoms with van der Waals surface area (Å²) < 4.78 is 2.02. The van der Waals surface area contributed by atoms with Crippen molar-refractivity contribution in [3.8, 4) is 0 Å². The van der Waals surface area contributed by atoms with Crippen molar-refractivity contribution in [2.45, 2.75) is 63.8 Å². The third kappa shape index (κ3) is 2.19. The molecule has 0 spiro atoms. The Morgan fingerprint density at radius 3 is 2.59 bits per heavy atom. The number of aromatic carboxylic acids is 1. The van der Waals surface area contributed by atoms with Gasteiger partial charge in [-0.05, 0) is 38.7 Å². The van der Waals surface area contributed by atoms with Crippen LogP contribution >= 0.6 is 0 Å². The molecule has 2 aromatic heterocycles. The fourth-order valence-electron chi connectivity index (χ4n) is 3.67. The normalized spacial score (nSPS) is 19.7. The van der Waals surface area contributed by atoms with Crippen molar-refractivity contribution in [2.24, 2.45) is 0 Å². The highest BCUT2D eigenvalue weighted by molar-refractivity contribution is 6.03. The van der Waals surface area contributed by atoms with Crippen LogP contribution in [0.5, 0.6) is 0 Å². The molecule has 5 heteroatoms. The van der Waals surface area contributed by atoms with Crippen LogP contribution in [0, 0.1) is 6.92 Å². The molecule has 116 valence electrons. The van der Waals surface area contributed by atoms with Crippen molar-refractivity contribution in [3.05, 3.63) is 23.0 Å². The second kappa shape index (κ2) is 5.07. The van der Waals surface area contributed by atoms with E-state index in [0.29, 0.717) is 17.5 Å². The predicted molar refractivity (Wildman–Crippen MR) is 83.3 cm³/mol. The third-order valence-corrected chi connectivity index (χ3v) is 5.00. The first-order valence-electron chi connectivity index (χ1n) is 8.28. The molecule has 0 saturated heterocycles. The van der Waals surface area contributed by atoms with Gasteiger partial charge in [-0.3, -0.25) is 0 Å². The molecule has 2 saturated carbocycles. The van der Waals surface area contributed by atoms with Crippen LogP contribution in [0.15, 0.2) is 6.07 Å². The highest BCUT2D eigenvalue weighted by Crippen LogP contribution is 2.41. The lowest BCUT2D eigenvalue weighted by molar-refractivity contribution is 0.0698. The van der Waals surface area contributed by atoms with Crippen molar-refractivity contribution >= 4 is 17.0 Å². The maximum atomic E-state index is 11.7. The molecule has 1 N–H and O–H groups in total. The van der Waals surface area contributed by atoms with Gasteiger partial charge >= 0.3 is 5.97 Å². The Balaban J connectivity index is 1.92. The van der Waals surface area contributed by atoms with Crippen LogP contribution in [-0.2, 0) is 0 Å². The summed E-state index contributed by atoms with van der Waals surface area (Å²) in [5.41, 5.74) is 2.87. The number of aryl methyl sites for hydroxylation is 1. The average molecular weight is 299 g/mol. The summed E-state index contributed by atoms with van der Waals surface area (Å²) in [6.45, 7) is 1.90. The Bertz CT molecular complexity index is 740. The van der Waals surface area contributed by atoms with E-state index >= 15 is 0 Å². The zero-order chi connectivity index (χ0) is 15.3. The van der Waals surface area contributed by atoms with E-state index in [4.69, 9.17) is 4.98 Å². The molecule has 2 aromatic rings. The monoisotopic (exact) mass is 299 g/mol. The quantitative estimate of drug-likeness (QED) is 0.935. The molecule has 22 heavy (non-hydrogen) atoms. The molecule has 0 bridgehead atoms. The summed E-state index contributed by atoms with van der Waals surface area (Å²) in [5.74, 6) is -0.432. The smallest absolute Gasteiger partial charge is 0.336 e. The second-order valence-corrected chi connectivity index (χ2v) is 6.69. The lowest BCUT2D eigenvalue weighted by Crippen LogP contribution is -2.15. The fraction of sp³-hybridized carbons (Fsp3) is 0.588. The molecule has 0 amide bonds. The number of hydrogen-bond donors (Lipinski definition) is 1. The molecule has 2 fully saturated rings. The summed E-state index contributed by atoms with van der Waals surface area (Å²) in [6, 6.07) is 2.14. The first kappa shape index (κ1) is 13.7. The van der Waals surface area contributed by atoms with Gasteiger partial charge in [-0.1, -0.05) is 19.3 Å². The topological polar surface area (TPSA) is 68.0 Å². The van der Waals surface area contributed by atoms with Crippen molar-refractivity contribution < 1.29 is 9.90 Å². The fourth-order valence-corrected chi connectivity index (χ4v) is 3.67. The summed E-state index contributed by atoms with van der Waals surface area (Å²) in [4.78, 5) is 16.5. The van der Waals surface area contributed by atoms with Gasteiger partial charge in [0.2, 0.25) is 0 Å². The van der Waals surface area contributed by atoms with Crippen molar-refractivity contribution in [1.29, 1.82) is 0 Å². The SMILES string of the molecule is Cc1nn(C2CCCCC2)c2nc(C3CC3)cc(C(=O)O)c12. The zero-order valence-electron chi connectivity index (χ0n) is 12.9. The van der Waals surface area contributed by atoms with E-state index in [1.54, 1.807) is 6.07 Å². The molecule has 0 atom stereocenters. The van der Waals surface area contributed by atoms with Crippen LogP contribution in [0.4, 0.5) is 0 Å². The molecule has 0 aliphatic heterocycles. The van der Waals surface area contributed by atoms with E-state index in [1.165, 1.54) is 19.3 Å². The molecule has 0 radical (unpaired) electrons. The van der Waals surface area contributed by atoms with Gasteiger partial charge in [0.1, 0.15) is 0 Å². The van der Waals surface area contributed by atoms with Gasteiger partial charge in [0.25, 0.3) is 0 Å². The van der Waals surface area contributed by atoms with Gasteiger partial charge in [-0.15, -0.1) is 0 Å². The minimum atomic E-state index is -0.874. The number of carbonyl (C=O) groups is 1. The van der Waals surface area contributed by atoms with E-state index in [2.05, 4.69) is 5.10 Å². The minimum absolute atomic E-state index is 0.367. The van der Waals surface area contributed by atoms with Gasteiger partial charge in [0, 0.05) is 11.6 Å². The highest BCUT2D eigenvalue weighted by Gasteiger charge is 2.29. The molecule has 0 aromatic carbocycles. The van der Waals surface area contributed by atoms with Gasteiger partial charge in [0.15, 0.2) is 5.65 Å². The lowest BCUT2D eigenvalue weighted by Gasteiger charge is -2.22. The zero-order valence-corrected chi connectivity index (χ0v) is 12.9. The molecule has 4 rings (SSSR count). The van der Waals surface area contributed by atoms with Gasteiger partial charge < -0.3 is 5.11 Å². The summed E-state index contributed by atoms with van der Waals surface area (Å²) in [6.07, 6.45) is 8.21. The molecule has 2 aliphatic carbocycles. The highest BCUT2D eigenvalue weighted by atomic mass is 16.4. The average Bonchev–Trinajstić information content (AvgIpc) is 3.32. The summed E-state index contributed by atoms with van der Waals surface area (Å²) in [5, 5.41) is 15.0. The number of fused-ring (bicyclic) bond motifs is 1. The first-order valence-corrected chi connectivity index (χ1v) is 8.28. The molecule has 2 heterocycles. The van der Waals surface area contributed by atoms with Crippen LogP contribution in [0.2, 0.25) is 0 Å². The number of pyridine rings is 1. The van der Waals surface area contributed by atoms with Crippen LogP contribution < -0.4 is 0 Å². The molecule has 5 nitrogen and oxygen atoms in total. The maximum Gasteiger partial charge on any atom is 0.336 e. The van der Waals surface area contributed by atoms with E-state index in [-0.39, 0.29) is 0 Å². The van der Waals surface area contributed by atoms with E-state index in [9.17, 15) is 9.90 Å². The van der Waals surface area contributed by atoms with Crippen LogP contribution in [0.3, 0.4) is 0 Å².